The Bertz CT molecular complexity index is 457. The van der Waals surface area contributed by atoms with Gasteiger partial charge in [0.05, 0.1) is 4.90 Å². The molecule has 0 bridgehead atoms. The monoisotopic (exact) mass is 288 g/mol. The van der Waals surface area contributed by atoms with E-state index < -0.39 is 10.0 Å². The van der Waals surface area contributed by atoms with Crippen molar-refractivity contribution in [2.75, 3.05) is 19.3 Å². The van der Waals surface area contributed by atoms with Gasteiger partial charge in [-0.2, -0.15) is 11.8 Å². The maximum Gasteiger partial charge on any atom is 0.240 e. The Balaban J connectivity index is 2.72. The summed E-state index contributed by atoms with van der Waals surface area (Å²) < 4.78 is 26.6. The van der Waals surface area contributed by atoms with E-state index in [2.05, 4.69) is 4.72 Å². The van der Waals surface area contributed by atoms with Gasteiger partial charge in [0.1, 0.15) is 0 Å². The van der Waals surface area contributed by atoms with Gasteiger partial charge in [0.25, 0.3) is 0 Å². The minimum absolute atomic E-state index is 0.260. The van der Waals surface area contributed by atoms with Crippen LogP contribution in [0.25, 0.3) is 0 Å². The van der Waals surface area contributed by atoms with Crippen LogP contribution in [0, 0.1) is 0 Å². The molecule has 0 fully saturated rings. The summed E-state index contributed by atoms with van der Waals surface area (Å²) >= 11 is 1.63. The van der Waals surface area contributed by atoms with Crippen LogP contribution in [0.5, 0.6) is 0 Å². The van der Waals surface area contributed by atoms with Gasteiger partial charge in [0, 0.05) is 11.8 Å². The summed E-state index contributed by atoms with van der Waals surface area (Å²) in [6.45, 7) is 2.99. The van der Waals surface area contributed by atoms with Crippen molar-refractivity contribution in [2.24, 2.45) is 5.73 Å². The molecule has 1 aromatic rings. The molecule has 0 saturated heterocycles. The van der Waals surface area contributed by atoms with Gasteiger partial charge in [-0.1, -0.05) is 19.1 Å². The van der Waals surface area contributed by atoms with E-state index in [9.17, 15) is 8.42 Å². The standard InChI is InChI=1S/C12H20N2O2S2/c1-10(17-2)9-14-18(15,16)12-5-3-11(4-6-12)7-8-13/h3-6,10,14H,7-9,13H2,1-2H3. The SMILES string of the molecule is CSC(C)CNS(=O)(=O)c1ccc(CCN)cc1. The Morgan fingerprint density at radius 1 is 1.33 bits per heavy atom. The van der Waals surface area contributed by atoms with Gasteiger partial charge in [0.15, 0.2) is 0 Å². The summed E-state index contributed by atoms with van der Waals surface area (Å²) in [4.78, 5) is 0.302. The maximum atomic E-state index is 12.0. The third-order valence-electron chi connectivity index (χ3n) is 2.63. The van der Waals surface area contributed by atoms with Gasteiger partial charge >= 0.3 is 0 Å². The third kappa shape index (κ3) is 4.61. The minimum Gasteiger partial charge on any atom is -0.330 e. The van der Waals surface area contributed by atoms with Crippen LogP contribution in [0.2, 0.25) is 0 Å². The molecular weight excluding hydrogens is 268 g/mol. The molecule has 1 rings (SSSR count). The summed E-state index contributed by atoms with van der Waals surface area (Å²) in [5, 5.41) is 0.260. The van der Waals surface area contributed by atoms with Crippen molar-refractivity contribution >= 4 is 21.8 Å². The molecule has 4 nitrogen and oxygen atoms in total. The van der Waals surface area contributed by atoms with Crippen molar-refractivity contribution in [1.82, 2.24) is 4.72 Å². The minimum atomic E-state index is -3.39. The highest BCUT2D eigenvalue weighted by atomic mass is 32.2. The number of sulfonamides is 1. The topological polar surface area (TPSA) is 72.2 Å². The Labute approximate surface area is 113 Å². The highest BCUT2D eigenvalue weighted by molar-refractivity contribution is 7.99. The molecular formula is C12H20N2O2S2. The Hall–Kier alpha value is -0.560. The summed E-state index contributed by atoms with van der Waals surface area (Å²) in [6, 6.07) is 6.85. The predicted molar refractivity (Wildman–Crippen MR) is 77.4 cm³/mol. The Morgan fingerprint density at radius 2 is 1.94 bits per heavy atom. The molecule has 0 heterocycles. The summed E-state index contributed by atoms with van der Waals surface area (Å²) in [5.41, 5.74) is 6.50. The smallest absolute Gasteiger partial charge is 0.240 e. The molecule has 0 saturated carbocycles. The zero-order valence-corrected chi connectivity index (χ0v) is 12.4. The molecule has 0 aliphatic rings. The fourth-order valence-corrected chi connectivity index (χ4v) is 2.88. The molecule has 1 aromatic carbocycles. The molecule has 3 N–H and O–H groups in total. The van der Waals surface area contributed by atoms with Crippen LogP contribution in [-0.2, 0) is 16.4 Å². The van der Waals surface area contributed by atoms with Crippen molar-refractivity contribution in [2.45, 2.75) is 23.5 Å². The van der Waals surface area contributed by atoms with Crippen molar-refractivity contribution < 1.29 is 8.42 Å². The number of hydrogen-bond donors (Lipinski definition) is 2. The second kappa shape index (κ2) is 7.13. The Morgan fingerprint density at radius 3 is 2.44 bits per heavy atom. The van der Waals surface area contributed by atoms with Crippen LogP contribution in [0.3, 0.4) is 0 Å². The van der Waals surface area contributed by atoms with E-state index in [1.807, 2.05) is 13.2 Å². The molecule has 0 spiro atoms. The molecule has 18 heavy (non-hydrogen) atoms. The van der Waals surface area contributed by atoms with E-state index in [1.165, 1.54) is 0 Å². The van der Waals surface area contributed by atoms with Crippen molar-refractivity contribution in [3.8, 4) is 0 Å². The Kier molecular flexibility index (Phi) is 6.14. The predicted octanol–water partition coefficient (Wildman–Crippen LogP) is 1.22. The zero-order chi connectivity index (χ0) is 13.6. The molecule has 6 heteroatoms. The molecule has 0 aliphatic heterocycles. The molecule has 0 aliphatic carbocycles. The van der Waals surface area contributed by atoms with Crippen molar-refractivity contribution in [1.29, 1.82) is 0 Å². The van der Waals surface area contributed by atoms with Gasteiger partial charge in [0.2, 0.25) is 10.0 Å². The van der Waals surface area contributed by atoms with Gasteiger partial charge in [-0.25, -0.2) is 13.1 Å². The van der Waals surface area contributed by atoms with Crippen LogP contribution in [0.1, 0.15) is 12.5 Å². The van der Waals surface area contributed by atoms with E-state index in [1.54, 1.807) is 36.0 Å². The first-order valence-electron chi connectivity index (χ1n) is 5.81. The van der Waals surface area contributed by atoms with Gasteiger partial charge in [-0.05, 0) is 36.9 Å². The van der Waals surface area contributed by atoms with Crippen LogP contribution in [-0.4, -0.2) is 33.0 Å². The summed E-state index contributed by atoms with van der Waals surface area (Å²) in [7, 11) is -3.39. The van der Waals surface area contributed by atoms with E-state index in [-0.39, 0.29) is 5.25 Å². The molecule has 1 atom stereocenters. The van der Waals surface area contributed by atoms with Crippen LogP contribution >= 0.6 is 11.8 Å². The fraction of sp³-hybridized carbons (Fsp3) is 0.500. The number of nitrogens with two attached hydrogens (primary N) is 1. The maximum absolute atomic E-state index is 12.0. The van der Waals surface area contributed by atoms with E-state index in [0.717, 1.165) is 12.0 Å². The lowest BCUT2D eigenvalue weighted by atomic mass is 10.2. The second-order valence-electron chi connectivity index (χ2n) is 4.08. The normalized spacial score (nSPS) is 13.5. The lowest BCUT2D eigenvalue weighted by molar-refractivity contribution is 0.581. The van der Waals surface area contributed by atoms with E-state index in [4.69, 9.17) is 5.73 Å². The average molecular weight is 288 g/mol. The van der Waals surface area contributed by atoms with Crippen LogP contribution in [0.4, 0.5) is 0 Å². The highest BCUT2D eigenvalue weighted by Crippen LogP contribution is 2.12. The third-order valence-corrected chi connectivity index (χ3v) is 5.04. The first kappa shape index (κ1) is 15.5. The molecule has 102 valence electrons. The zero-order valence-electron chi connectivity index (χ0n) is 10.7. The number of hydrogen-bond acceptors (Lipinski definition) is 4. The second-order valence-corrected chi connectivity index (χ2v) is 7.12. The average Bonchev–Trinajstić information content (AvgIpc) is 2.37. The first-order chi connectivity index (χ1) is 8.49. The van der Waals surface area contributed by atoms with Gasteiger partial charge < -0.3 is 5.73 Å². The lowest BCUT2D eigenvalue weighted by Gasteiger charge is -2.11. The van der Waals surface area contributed by atoms with Gasteiger partial charge in [-0.3, -0.25) is 0 Å². The number of benzene rings is 1. The quantitative estimate of drug-likeness (QED) is 0.791. The largest absolute Gasteiger partial charge is 0.330 e. The van der Waals surface area contributed by atoms with Crippen LogP contribution < -0.4 is 10.5 Å². The fourth-order valence-electron chi connectivity index (χ4n) is 1.40. The van der Waals surface area contributed by atoms with E-state index >= 15 is 0 Å². The van der Waals surface area contributed by atoms with Crippen molar-refractivity contribution in [3.63, 3.8) is 0 Å². The first-order valence-corrected chi connectivity index (χ1v) is 8.58. The number of rotatable bonds is 7. The van der Waals surface area contributed by atoms with Crippen LogP contribution in [0.15, 0.2) is 29.2 Å². The number of nitrogens with one attached hydrogen (secondary N) is 1. The van der Waals surface area contributed by atoms with Gasteiger partial charge in [-0.15, -0.1) is 0 Å². The molecule has 0 radical (unpaired) electrons. The number of thioether (sulfide) groups is 1. The summed E-state index contributed by atoms with van der Waals surface area (Å²) in [5.74, 6) is 0. The lowest BCUT2D eigenvalue weighted by Crippen LogP contribution is -2.29. The summed E-state index contributed by atoms with van der Waals surface area (Å²) in [6.07, 6.45) is 2.72. The molecule has 0 aromatic heterocycles. The van der Waals surface area contributed by atoms with Crippen molar-refractivity contribution in [3.05, 3.63) is 29.8 Å². The van der Waals surface area contributed by atoms with E-state index in [0.29, 0.717) is 18.0 Å². The molecule has 1 unspecified atom stereocenters. The molecule has 0 amide bonds. The highest BCUT2D eigenvalue weighted by Gasteiger charge is 2.14.